The molecule has 0 saturated heterocycles. The topological polar surface area (TPSA) is 117 Å². The minimum Gasteiger partial charge on any atom is -0.452 e. The molecule has 3 amide bonds. The van der Waals surface area contributed by atoms with E-state index in [4.69, 9.17) is 21.6 Å². The Morgan fingerprint density at radius 1 is 1.00 bits per heavy atom. The molecule has 8 nitrogen and oxygen atoms in total. The summed E-state index contributed by atoms with van der Waals surface area (Å²) >= 11 is 5.94. The minimum absolute atomic E-state index is 0.0296. The predicted molar refractivity (Wildman–Crippen MR) is 129 cm³/mol. The number of anilines is 2. The number of imide groups is 1. The zero-order valence-electron chi connectivity index (χ0n) is 18.7. The number of nitriles is 1. The lowest BCUT2D eigenvalue weighted by molar-refractivity contribution is -0.119. The molecule has 1 aliphatic rings. The Bertz CT molecular complexity index is 1460. The largest absolute Gasteiger partial charge is 0.452 e. The van der Waals surface area contributed by atoms with Crippen LogP contribution in [0.4, 0.5) is 11.4 Å². The van der Waals surface area contributed by atoms with Crippen LogP contribution in [0.2, 0.25) is 5.02 Å². The molecule has 0 atom stereocenters. The number of carbonyl (C=O) groups excluding carboxylic acids is 4. The van der Waals surface area contributed by atoms with Crippen LogP contribution in [-0.4, -0.2) is 30.3 Å². The summed E-state index contributed by atoms with van der Waals surface area (Å²) in [4.78, 5) is 51.7. The van der Waals surface area contributed by atoms with E-state index in [-0.39, 0.29) is 27.3 Å². The van der Waals surface area contributed by atoms with Crippen molar-refractivity contribution in [1.82, 2.24) is 0 Å². The van der Waals surface area contributed by atoms with Crippen LogP contribution in [0, 0.1) is 25.2 Å². The highest BCUT2D eigenvalue weighted by molar-refractivity contribution is 6.35. The van der Waals surface area contributed by atoms with Gasteiger partial charge in [0.1, 0.15) is 6.07 Å². The summed E-state index contributed by atoms with van der Waals surface area (Å²) in [5.41, 5.74) is 3.04. The average molecular weight is 488 g/mol. The number of rotatable bonds is 5. The quantitative estimate of drug-likeness (QED) is 0.420. The maximum atomic E-state index is 13.0. The van der Waals surface area contributed by atoms with E-state index < -0.39 is 30.3 Å². The van der Waals surface area contributed by atoms with Crippen LogP contribution in [0.5, 0.6) is 0 Å². The molecule has 174 valence electrons. The van der Waals surface area contributed by atoms with E-state index in [9.17, 15) is 19.2 Å². The molecule has 1 aliphatic heterocycles. The van der Waals surface area contributed by atoms with E-state index in [1.807, 2.05) is 25.1 Å². The Labute approximate surface area is 205 Å². The van der Waals surface area contributed by atoms with Gasteiger partial charge in [-0.1, -0.05) is 23.7 Å². The van der Waals surface area contributed by atoms with E-state index in [0.717, 1.165) is 16.0 Å². The fourth-order valence-corrected chi connectivity index (χ4v) is 3.86. The number of nitrogens with one attached hydrogen (secondary N) is 1. The van der Waals surface area contributed by atoms with Crippen LogP contribution in [0.25, 0.3) is 0 Å². The molecule has 0 unspecified atom stereocenters. The molecule has 3 aromatic rings. The summed E-state index contributed by atoms with van der Waals surface area (Å²) in [6, 6.07) is 15.8. The van der Waals surface area contributed by atoms with Crippen molar-refractivity contribution >= 4 is 46.7 Å². The van der Waals surface area contributed by atoms with Gasteiger partial charge in [-0.15, -0.1) is 0 Å². The van der Waals surface area contributed by atoms with Gasteiger partial charge in [0.25, 0.3) is 17.7 Å². The number of hydrogen-bond acceptors (Lipinski definition) is 6. The third kappa shape index (κ3) is 4.63. The van der Waals surface area contributed by atoms with Gasteiger partial charge in [-0.05, 0) is 67.4 Å². The fourth-order valence-electron chi connectivity index (χ4n) is 3.64. The third-order valence-corrected chi connectivity index (χ3v) is 5.75. The van der Waals surface area contributed by atoms with Gasteiger partial charge in [0.05, 0.1) is 33.0 Å². The molecule has 1 heterocycles. The standard InChI is InChI=1S/C26H18ClN3O5/c1-14-3-4-15(2)22(9-14)30-24(32)19-8-6-16(10-20(19)25(30)33)26(34)35-13-23(31)29-18-7-5-17(12-28)21(27)11-18/h3-11H,13H2,1-2H3,(H,29,31). The van der Waals surface area contributed by atoms with Crippen molar-refractivity contribution in [3.63, 3.8) is 0 Å². The van der Waals surface area contributed by atoms with E-state index in [0.29, 0.717) is 11.4 Å². The fraction of sp³-hybridized carbons (Fsp3) is 0.115. The van der Waals surface area contributed by atoms with Crippen LogP contribution in [0.1, 0.15) is 47.8 Å². The molecule has 35 heavy (non-hydrogen) atoms. The SMILES string of the molecule is Cc1ccc(C)c(N2C(=O)c3ccc(C(=O)OCC(=O)Nc4ccc(C#N)c(Cl)c4)cc3C2=O)c1. The lowest BCUT2D eigenvalue weighted by Crippen LogP contribution is -2.30. The number of fused-ring (bicyclic) bond motifs is 1. The Morgan fingerprint density at radius 3 is 2.46 bits per heavy atom. The monoisotopic (exact) mass is 487 g/mol. The molecule has 1 N–H and O–H groups in total. The van der Waals surface area contributed by atoms with E-state index in [1.54, 1.807) is 13.0 Å². The summed E-state index contributed by atoms with van der Waals surface area (Å²) in [7, 11) is 0. The lowest BCUT2D eigenvalue weighted by atomic mass is 10.1. The number of aryl methyl sites for hydroxylation is 2. The molecule has 9 heteroatoms. The molecule has 0 saturated carbocycles. The van der Waals surface area contributed by atoms with Crippen LogP contribution >= 0.6 is 11.6 Å². The first-order chi connectivity index (χ1) is 16.7. The van der Waals surface area contributed by atoms with Gasteiger partial charge in [0.15, 0.2) is 6.61 Å². The molecule has 0 aromatic heterocycles. The Hall–Kier alpha value is -4.48. The van der Waals surface area contributed by atoms with Crippen LogP contribution < -0.4 is 10.2 Å². The molecule has 0 spiro atoms. The number of benzene rings is 3. The lowest BCUT2D eigenvalue weighted by Gasteiger charge is -2.17. The van der Waals surface area contributed by atoms with E-state index in [2.05, 4.69) is 5.32 Å². The number of nitrogens with zero attached hydrogens (tertiary/aromatic N) is 2. The number of amides is 3. The maximum Gasteiger partial charge on any atom is 0.338 e. The highest BCUT2D eigenvalue weighted by Gasteiger charge is 2.38. The number of halogens is 1. The number of ether oxygens (including phenoxy) is 1. The first-order valence-electron chi connectivity index (χ1n) is 10.5. The average Bonchev–Trinajstić information content (AvgIpc) is 3.08. The molecular weight excluding hydrogens is 470 g/mol. The van der Waals surface area contributed by atoms with Crippen molar-refractivity contribution in [3.05, 3.63) is 93.0 Å². The third-order valence-electron chi connectivity index (χ3n) is 5.44. The number of hydrogen-bond donors (Lipinski definition) is 1. The predicted octanol–water partition coefficient (Wildman–Crippen LogP) is 4.42. The summed E-state index contributed by atoms with van der Waals surface area (Å²) < 4.78 is 5.06. The molecule has 4 rings (SSSR count). The molecule has 0 radical (unpaired) electrons. The zero-order chi connectivity index (χ0) is 25.3. The van der Waals surface area contributed by atoms with Gasteiger partial charge < -0.3 is 10.1 Å². The molecule has 0 fully saturated rings. The first-order valence-corrected chi connectivity index (χ1v) is 10.8. The molecular formula is C26H18ClN3O5. The Kier molecular flexibility index (Phi) is 6.36. The Morgan fingerprint density at radius 2 is 1.74 bits per heavy atom. The van der Waals surface area contributed by atoms with Crippen molar-refractivity contribution in [3.8, 4) is 6.07 Å². The van der Waals surface area contributed by atoms with Gasteiger partial charge in [0, 0.05) is 5.69 Å². The second kappa shape index (κ2) is 9.41. The molecule has 3 aromatic carbocycles. The van der Waals surface area contributed by atoms with Crippen molar-refractivity contribution < 1.29 is 23.9 Å². The first kappa shape index (κ1) is 23.7. The van der Waals surface area contributed by atoms with Gasteiger partial charge >= 0.3 is 5.97 Å². The van der Waals surface area contributed by atoms with Crippen molar-refractivity contribution in [1.29, 1.82) is 5.26 Å². The van der Waals surface area contributed by atoms with Crippen LogP contribution in [-0.2, 0) is 9.53 Å². The highest BCUT2D eigenvalue weighted by atomic mass is 35.5. The van der Waals surface area contributed by atoms with Gasteiger partial charge in [-0.25, -0.2) is 9.69 Å². The van der Waals surface area contributed by atoms with Crippen molar-refractivity contribution in [2.75, 3.05) is 16.8 Å². The number of carbonyl (C=O) groups is 4. The normalized spacial score (nSPS) is 12.2. The minimum atomic E-state index is -0.828. The molecule has 0 bridgehead atoms. The summed E-state index contributed by atoms with van der Waals surface area (Å²) in [5, 5.41) is 11.6. The highest BCUT2D eigenvalue weighted by Crippen LogP contribution is 2.32. The summed E-state index contributed by atoms with van der Waals surface area (Å²) in [6.07, 6.45) is 0. The second-order valence-electron chi connectivity index (χ2n) is 7.93. The van der Waals surface area contributed by atoms with Gasteiger partial charge in [-0.3, -0.25) is 14.4 Å². The molecule has 0 aliphatic carbocycles. The number of esters is 1. The Balaban J connectivity index is 1.45. The van der Waals surface area contributed by atoms with E-state index in [1.165, 1.54) is 36.4 Å². The second-order valence-corrected chi connectivity index (χ2v) is 8.33. The van der Waals surface area contributed by atoms with E-state index >= 15 is 0 Å². The van der Waals surface area contributed by atoms with Crippen LogP contribution in [0.3, 0.4) is 0 Å². The maximum absolute atomic E-state index is 13.0. The van der Waals surface area contributed by atoms with Crippen LogP contribution in [0.15, 0.2) is 54.6 Å². The van der Waals surface area contributed by atoms with Crippen molar-refractivity contribution in [2.24, 2.45) is 0 Å². The zero-order valence-corrected chi connectivity index (χ0v) is 19.5. The van der Waals surface area contributed by atoms with Gasteiger partial charge in [-0.2, -0.15) is 5.26 Å². The summed E-state index contributed by atoms with van der Waals surface area (Å²) in [6.45, 7) is 3.08. The smallest absolute Gasteiger partial charge is 0.338 e. The van der Waals surface area contributed by atoms with Gasteiger partial charge in [0.2, 0.25) is 0 Å². The van der Waals surface area contributed by atoms with Crippen molar-refractivity contribution in [2.45, 2.75) is 13.8 Å². The summed E-state index contributed by atoms with van der Waals surface area (Å²) in [5.74, 6) is -2.46.